The third kappa shape index (κ3) is 3.14. The zero-order valence-corrected chi connectivity index (χ0v) is 13.0. The van der Waals surface area contributed by atoms with Crippen LogP contribution in [0.4, 0.5) is 5.69 Å². The Labute approximate surface area is 137 Å². The topological polar surface area (TPSA) is 121 Å². The van der Waals surface area contributed by atoms with Crippen LogP contribution < -0.4 is 10.9 Å². The van der Waals surface area contributed by atoms with E-state index in [1.807, 2.05) is 0 Å². The van der Waals surface area contributed by atoms with E-state index in [2.05, 4.69) is 5.32 Å². The van der Waals surface area contributed by atoms with Crippen molar-refractivity contribution in [3.8, 4) is 0 Å². The molecule has 0 amide bonds. The third-order valence-electron chi connectivity index (χ3n) is 4.07. The number of fused-ring (bicyclic) bond motifs is 1. The molecule has 0 bridgehead atoms. The van der Waals surface area contributed by atoms with Crippen molar-refractivity contribution in [2.75, 3.05) is 19.0 Å². The number of aliphatic hydroxyl groups excluding tert-OH is 3. The number of anilines is 1. The van der Waals surface area contributed by atoms with Crippen LogP contribution in [0.15, 0.2) is 39.5 Å². The van der Waals surface area contributed by atoms with Crippen LogP contribution in [0.1, 0.15) is 0 Å². The SMILES string of the molecule is CO[C@H]1OC(CO)[C@@H](O)C(O)C1Nc1ccc2ccc(=O)oc2c1. The van der Waals surface area contributed by atoms with Crippen molar-refractivity contribution in [1.29, 1.82) is 0 Å². The van der Waals surface area contributed by atoms with Crippen molar-refractivity contribution in [2.45, 2.75) is 30.6 Å². The average Bonchev–Trinajstić information content (AvgIpc) is 2.59. The van der Waals surface area contributed by atoms with E-state index >= 15 is 0 Å². The predicted octanol–water partition coefficient (Wildman–Crippen LogP) is -0.341. The fraction of sp³-hybridized carbons (Fsp3) is 0.438. The van der Waals surface area contributed by atoms with Crippen molar-refractivity contribution >= 4 is 16.7 Å². The first-order chi connectivity index (χ1) is 11.5. The normalized spacial score (nSPS) is 30.4. The standard InChI is InChI=1S/C16H19NO7/c1-22-16-13(15(21)14(20)11(7-18)24-16)17-9-4-2-8-3-5-12(19)23-10(8)6-9/h2-6,11,13-18,20-21H,7H2,1H3/t11?,13?,14-,15?,16+/m1/s1. The number of ether oxygens (including phenoxy) is 2. The molecule has 0 radical (unpaired) electrons. The molecule has 8 heteroatoms. The van der Waals surface area contributed by atoms with Crippen molar-refractivity contribution < 1.29 is 29.2 Å². The van der Waals surface area contributed by atoms with E-state index in [1.165, 1.54) is 13.2 Å². The van der Waals surface area contributed by atoms with E-state index in [0.29, 0.717) is 11.3 Å². The molecule has 1 saturated heterocycles. The number of methoxy groups -OCH3 is 1. The predicted molar refractivity (Wildman–Crippen MR) is 84.7 cm³/mol. The highest BCUT2D eigenvalue weighted by Gasteiger charge is 2.44. The Hall–Kier alpha value is -1.97. The highest BCUT2D eigenvalue weighted by atomic mass is 16.7. The highest BCUT2D eigenvalue weighted by molar-refractivity contribution is 5.80. The van der Waals surface area contributed by atoms with Crippen LogP contribution in [0.5, 0.6) is 0 Å². The van der Waals surface area contributed by atoms with Gasteiger partial charge in [-0.25, -0.2) is 4.79 Å². The number of hydrogen-bond acceptors (Lipinski definition) is 8. The van der Waals surface area contributed by atoms with Crippen molar-refractivity contribution in [1.82, 2.24) is 0 Å². The van der Waals surface area contributed by atoms with E-state index < -0.39 is 42.9 Å². The lowest BCUT2D eigenvalue weighted by Crippen LogP contribution is -2.61. The smallest absolute Gasteiger partial charge is 0.336 e. The lowest BCUT2D eigenvalue weighted by molar-refractivity contribution is -0.254. The molecular formula is C16H19NO7. The van der Waals surface area contributed by atoms with Gasteiger partial charge >= 0.3 is 5.63 Å². The number of hydrogen-bond donors (Lipinski definition) is 4. The van der Waals surface area contributed by atoms with Crippen LogP contribution in [-0.2, 0) is 9.47 Å². The molecule has 130 valence electrons. The van der Waals surface area contributed by atoms with Crippen molar-refractivity contribution in [3.63, 3.8) is 0 Å². The molecule has 0 saturated carbocycles. The van der Waals surface area contributed by atoms with Gasteiger partial charge in [-0.15, -0.1) is 0 Å². The molecule has 0 aliphatic carbocycles. The summed E-state index contributed by atoms with van der Waals surface area (Å²) in [6.07, 6.45) is -4.30. The van der Waals surface area contributed by atoms with Crippen LogP contribution in [0.2, 0.25) is 0 Å². The van der Waals surface area contributed by atoms with Gasteiger partial charge in [0, 0.05) is 30.3 Å². The van der Waals surface area contributed by atoms with E-state index in [1.54, 1.807) is 24.3 Å². The molecule has 1 aromatic heterocycles. The maximum Gasteiger partial charge on any atom is 0.336 e. The zero-order valence-electron chi connectivity index (χ0n) is 13.0. The molecule has 2 heterocycles. The fourth-order valence-electron chi connectivity index (χ4n) is 2.78. The first-order valence-electron chi connectivity index (χ1n) is 7.49. The van der Waals surface area contributed by atoms with Crippen LogP contribution in [0.25, 0.3) is 11.0 Å². The summed E-state index contributed by atoms with van der Waals surface area (Å²) in [6.45, 7) is -0.439. The number of aliphatic hydroxyl groups is 3. The Morgan fingerprint density at radius 1 is 1.21 bits per heavy atom. The van der Waals surface area contributed by atoms with Gasteiger partial charge in [-0.2, -0.15) is 0 Å². The summed E-state index contributed by atoms with van der Waals surface area (Å²) in [4.78, 5) is 11.3. The molecule has 1 aliphatic rings. The van der Waals surface area contributed by atoms with Crippen molar-refractivity contribution in [2.24, 2.45) is 0 Å². The first kappa shape index (κ1) is 16.9. The summed E-state index contributed by atoms with van der Waals surface area (Å²) < 4.78 is 15.8. The first-order valence-corrected chi connectivity index (χ1v) is 7.49. The van der Waals surface area contributed by atoms with Crippen LogP contribution in [0, 0.1) is 0 Å². The third-order valence-corrected chi connectivity index (χ3v) is 4.07. The molecule has 1 aromatic carbocycles. The van der Waals surface area contributed by atoms with E-state index in [0.717, 1.165) is 5.39 Å². The fourth-order valence-corrected chi connectivity index (χ4v) is 2.78. The van der Waals surface area contributed by atoms with Gasteiger partial charge in [0.25, 0.3) is 0 Å². The van der Waals surface area contributed by atoms with Gasteiger partial charge < -0.3 is 34.5 Å². The second kappa shape index (κ2) is 6.88. The number of nitrogens with one attached hydrogen (secondary N) is 1. The van der Waals surface area contributed by atoms with Crippen LogP contribution in [-0.4, -0.2) is 59.7 Å². The number of benzene rings is 1. The second-order valence-corrected chi connectivity index (χ2v) is 5.62. The van der Waals surface area contributed by atoms with Gasteiger partial charge in [0.05, 0.1) is 6.61 Å². The lowest BCUT2D eigenvalue weighted by Gasteiger charge is -2.42. The minimum absolute atomic E-state index is 0.390. The number of rotatable bonds is 4. The lowest BCUT2D eigenvalue weighted by atomic mass is 9.96. The zero-order chi connectivity index (χ0) is 17.3. The van der Waals surface area contributed by atoms with Crippen LogP contribution >= 0.6 is 0 Å². The Bertz CT molecular complexity index is 759. The minimum atomic E-state index is -1.27. The summed E-state index contributed by atoms with van der Waals surface area (Å²) in [5.74, 6) is 0. The molecule has 24 heavy (non-hydrogen) atoms. The molecule has 5 atom stereocenters. The van der Waals surface area contributed by atoms with Gasteiger partial charge in [0.1, 0.15) is 29.9 Å². The highest BCUT2D eigenvalue weighted by Crippen LogP contribution is 2.26. The van der Waals surface area contributed by atoms with Gasteiger partial charge in [-0.3, -0.25) is 0 Å². The van der Waals surface area contributed by atoms with Gasteiger partial charge in [-0.05, 0) is 18.2 Å². The molecule has 0 spiro atoms. The second-order valence-electron chi connectivity index (χ2n) is 5.62. The molecule has 8 nitrogen and oxygen atoms in total. The monoisotopic (exact) mass is 337 g/mol. The average molecular weight is 337 g/mol. The van der Waals surface area contributed by atoms with E-state index in [9.17, 15) is 20.1 Å². The Balaban J connectivity index is 1.86. The van der Waals surface area contributed by atoms with Crippen molar-refractivity contribution in [3.05, 3.63) is 40.8 Å². The van der Waals surface area contributed by atoms with Gasteiger partial charge in [-0.1, -0.05) is 0 Å². The summed E-state index contributed by atoms with van der Waals surface area (Å²) in [5, 5.41) is 33.3. The molecule has 1 fully saturated rings. The van der Waals surface area contributed by atoms with E-state index in [-0.39, 0.29) is 0 Å². The Morgan fingerprint density at radius 3 is 2.67 bits per heavy atom. The quantitative estimate of drug-likeness (QED) is 0.559. The largest absolute Gasteiger partial charge is 0.423 e. The van der Waals surface area contributed by atoms with Gasteiger partial charge in [0.2, 0.25) is 0 Å². The molecule has 1 aliphatic heterocycles. The molecular weight excluding hydrogens is 318 g/mol. The summed E-state index contributed by atoms with van der Waals surface area (Å²) in [7, 11) is 1.40. The minimum Gasteiger partial charge on any atom is -0.423 e. The Kier molecular flexibility index (Phi) is 4.83. The maximum absolute atomic E-state index is 11.3. The molecule has 3 unspecified atom stereocenters. The summed E-state index contributed by atoms with van der Waals surface area (Å²) in [6, 6.07) is 7.32. The maximum atomic E-state index is 11.3. The van der Waals surface area contributed by atoms with Gasteiger partial charge in [0.15, 0.2) is 6.29 Å². The molecule has 2 aromatic rings. The molecule has 4 N–H and O–H groups in total. The summed E-state index contributed by atoms with van der Waals surface area (Å²) >= 11 is 0. The molecule has 3 rings (SSSR count). The van der Waals surface area contributed by atoms with Crippen LogP contribution in [0.3, 0.4) is 0 Å². The summed E-state index contributed by atoms with van der Waals surface area (Å²) in [5.41, 5.74) is 0.485. The van der Waals surface area contributed by atoms with E-state index in [4.69, 9.17) is 13.9 Å². The Morgan fingerprint density at radius 2 is 1.96 bits per heavy atom.